The third-order valence-electron chi connectivity index (χ3n) is 4.04. The Morgan fingerprint density at radius 3 is 2.16 bits per heavy atom. The maximum atomic E-state index is 12.8. The fourth-order valence-corrected chi connectivity index (χ4v) is 3.67. The van der Waals surface area contributed by atoms with Gasteiger partial charge >= 0.3 is 0 Å². The molecule has 3 aromatic rings. The van der Waals surface area contributed by atoms with Crippen molar-refractivity contribution >= 4 is 23.4 Å². The van der Waals surface area contributed by atoms with Gasteiger partial charge in [0.2, 0.25) is 5.91 Å². The summed E-state index contributed by atoms with van der Waals surface area (Å²) < 4.78 is 0. The van der Waals surface area contributed by atoms with Crippen LogP contribution < -0.4 is 5.32 Å². The van der Waals surface area contributed by atoms with Gasteiger partial charge in [-0.15, -0.1) is 0 Å². The summed E-state index contributed by atoms with van der Waals surface area (Å²) in [5, 5.41) is 3.12. The van der Waals surface area contributed by atoms with Gasteiger partial charge in [-0.2, -0.15) is 0 Å². The molecule has 0 aromatic heterocycles. The van der Waals surface area contributed by atoms with Crippen LogP contribution in [-0.4, -0.2) is 5.91 Å². The fourth-order valence-electron chi connectivity index (χ4n) is 2.75. The highest BCUT2D eigenvalue weighted by Crippen LogP contribution is 2.34. The Labute approximate surface area is 153 Å². The number of carbonyl (C=O) groups is 1. The van der Waals surface area contributed by atoms with E-state index < -0.39 is 0 Å². The molecule has 0 saturated carbocycles. The molecule has 126 valence electrons. The highest BCUT2D eigenvalue weighted by Gasteiger charge is 2.19. The molecule has 0 bridgehead atoms. The van der Waals surface area contributed by atoms with Crippen molar-refractivity contribution in [1.29, 1.82) is 0 Å². The van der Waals surface area contributed by atoms with Crippen molar-refractivity contribution in [1.82, 2.24) is 0 Å². The summed E-state index contributed by atoms with van der Waals surface area (Å²) in [5.41, 5.74) is 1.91. The first kappa shape index (κ1) is 17.3. The molecule has 25 heavy (non-hydrogen) atoms. The zero-order chi connectivity index (χ0) is 17.5. The lowest BCUT2D eigenvalue weighted by Crippen LogP contribution is -2.21. The number of hydrogen-bond acceptors (Lipinski definition) is 2. The predicted molar refractivity (Wildman–Crippen MR) is 105 cm³/mol. The first-order valence-electron chi connectivity index (χ1n) is 8.45. The third-order valence-corrected chi connectivity index (χ3v) is 5.13. The number of hydrogen-bond donors (Lipinski definition) is 1. The van der Waals surface area contributed by atoms with Crippen molar-refractivity contribution in [2.45, 2.75) is 29.1 Å². The second-order valence-corrected chi connectivity index (χ2v) is 6.89. The van der Waals surface area contributed by atoms with E-state index in [-0.39, 0.29) is 11.8 Å². The van der Waals surface area contributed by atoms with Crippen LogP contribution >= 0.6 is 11.8 Å². The molecule has 1 atom stereocenters. The van der Waals surface area contributed by atoms with Crippen LogP contribution in [0.25, 0.3) is 0 Å². The van der Waals surface area contributed by atoms with E-state index in [1.165, 1.54) is 0 Å². The van der Waals surface area contributed by atoms with Crippen LogP contribution in [0.5, 0.6) is 0 Å². The molecule has 3 aromatic carbocycles. The Kier molecular flexibility index (Phi) is 5.91. The van der Waals surface area contributed by atoms with Crippen LogP contribution in [0.2, 0.25) is 0 Å². The second kappa shape index (κ2) is 8.54. The number of anilines is 1. The van der Waals surface area contributed by atoms with Crippen molar-refractivity contribution in [2.75, 3.05) is 5.32 Å². The zero-order valence-electron chi connectivity index (χ0n) is 14.2. The molecule has 0 aliphatic heterocycles. The van der Waals surface area contributed by atoms with Gasteiger partial charge < -0.3 is 5.32 Å². The molecule has 0 fully saturated rings. The number of amides is 1. The molecular weight excluding hydrogens is 326 g/mol. The smallest absolute Gasteiger partial charge is 0.231 e. The predicted octanol–water partition coefficient (Wildman–Crippen LogP) is 5.97. The monoisotopic (exact) mass is 347 g/mol. The summed E-state index contributed by atoms with van der Waals surface area (Å²) >= 11 is 1.66. The molecule has 0 radical (unpaired) electrons. The second-order valence-electron chi connectivity index (χ2n) is 5.77. The third kappa shape index (κ3) is 4.52. The lowest BCUT2D eigenvalue weighted by atomic mass is 9.95. The molecule has 0 saturated heterocycles. The van der Waals surface area contributed by atoms with E-state index in [4.69, 9.17) is 0 Å². The number of benzene rings is 3. The minimum Gasteiger partial charge on any atom is -0.325 e. The topological polar surface area (TPSA) is 29.1 Å². The van der Waals surface area contributed by atoms with Crippen LogP contribution in [0.1, 0.15) is 24.8 Å². The van der Waals surface area contributed by atoms with Crippen LogP contribution in [0.3, 0.4) is 0 Å². The van der Waals surface area contributed by atoms with Gasteiger partial charge in [-0.1, -0.05) is 79.3 Å². The minimum absolute atomic E-state index is 0.0369. The molecular formula is C22H21NOS. The average molecular weight is 347 g/mol. The number of para-hydroxylation sites is 1. The van der Waals surface area contributed by atoms with Gasteiger partial charge in [-0.3, -0.25) is 4.79 Å². The Hall–Kier alpha value is -2.52. The van der Waals surface area contributed by atoms with Gasteiger partial charge in [0.05, 0.1) is 11.6 Å². The first-order valence-corrected chi connectivity index (χ1v) is 9.27. The molecule has 0 aliphatic carbocycles. The molecule has 0 spiro atoms. The SMILES string of the molecule is CC[C@H](C(=O)Nc1ccccc1Sc1ccccc1)c1ccccc1. The average Bonchev–Trinajstić information content (AvgIpc) is 2.66. The lowest BCUT2D eigenvalue weighted by Gasteiger charge is -2.17. The van der Waals surface area contributed by atoms with Crippen molar-refractivity contribution < 1.29 is 4.79 Å². The van der Waals surface area contributed by atoms with Gasteiger partial charge in [-0.05, 0) is 36.2 Å². The van der Waals surface area contributed by atoms with E-state index in [1.54, 1.807) is 11.8 Å². The van der Waals surface area contributed by atoms with Gasteiger partial charge in [0.1, 0.15) is 0 Å². The number of carbonyl (C=O) groups excluding carboxylic acids is 1. The summed E-state index contributed by atoms with van der Waals surface area (Å²) in [4.78, 5) is 15.0. The highest BCUT2D eigenvalue weighted by atomic mass is 32.2. The maximum absolute atomic E-state index is 12.8. The Bertz CT molecular complexity index is 818. The molecule has 3 rings (SSSR count). The normalized spacial score (nSPS) is 11.7. The van der Waals surface area contributed by atoms with E-state index in [9.17, 15) is 4.79 Å². The molecule has 3 heteroatoms. The summed E-state index contributed by atoms with van der Waals surface area (Å²) in [7, 11) is 0. The van der Waals surface area contributed by atoms with Crippen molar-refractivity contribution in [3.63, 3.8) is 0 Å². The van der Waals surface area contributed by atoms with E-state index >= 15 is 0 Å². The lowest BCUT2D eigenvalue weighted by molar-refractivity contribution is -0.117. The quantitative estimate of drug-likeness (QED) is 0.595. The van der Waals surface area contributed by atoms with Crippen LogP contribution in [0.4, 0.5) is 5.69 Å². The summed E-state index contributed by atoms with van der Waals surface area (Å²) in [6.45, 7) is 2.04. The van der Waals surface area contributed by atoms with Crippen molar-refractivity contribution in [3.8, 4) is 0 Å². The highest BCUT2D eigenvalue weighted by molar-refractivity contribution is 7.99. The van der Waals surface area contributed by atoms with E-state index in [1.807, 2.05) is 79.7 Å². The maximum Gasteiger partial charge on any atom is 0.231 e. The number of nitrogens with one attached hydrogen (secondary N) is 1. The van der Waals surface area contributed by atoms with Gasteiger partial charge in [0.25, 0.3) is 0 Å². The molecule has 1 amide bonds. The van der Waals surface area contributed by atoms with E-state index in [0.29, 0.717) is 0 Å². The molecule has 0 aliphatic rings. The largest absolute Gasteiger partial charge is 0.325 e. The molecule has 0 heterocycles. The minimum atomic E-state index is -0.143. The van der Waals surface area contributed by atoms with Crippen LogP contribution in [0, 0.1) is 0 Å². The zero-order valence-corrected chi connectivity index (χ0v) is 15.0. The van der Waals surface area contributed by atoms with Crippen molar-refractivity contribution in [3.05, 3.63) is 90.5 Å². The summed E-state index contributed by atoms with van der Waals surface area (Å²) in [5.74, 6) is -0.106. The van der Waals surface area contributed by atoms with E-state index in [0.717, 1.165) is 27.5 Å². The standard InChI is InChI=1S/C22H21NOS/c1-2-19(17-11-5-3-6-12-17)22(24)23-20-15-9-10-16-21(20)25-18-13-7-4-8-14-18/h3-16,19H,2H2,1H3,(H,23,24)/t19-/m0/s1. The Morgan fingerprint density at radius 1 is 0.880 bits per heavy atom. The van der Waals surface area contributed by atoms with E-state index in [2.05, 4.69) is 17.4 Å². The summed E-state index contributed by atoms with van der Waals surface area (Å²) in [6.07, 6.45) is 0.768. The van der Waals surface area contributed by atoms with Gasteiger partial charge in [-0.25, -0.2) is 0 Å². The molecule has 0 unspecified atom stereocenters. The fraction of sp³-hybridized carbons (Fsp3) is 0.136. The summed E-state index contributed by atoms with van der Waals surface area (Å²) in [6, 6.07) is 28.1. The van der Waals surface area contributed by atoms with Gasteiger partial charge in [0.15, 0.2) is 0 Å². The van der Waals surface area contributed by atoms with Gasteiger partial charge in [0, 0.05) is 9.79 Å². The Morgan fingerprint density at radius 2 is 1.48 bits per heavy atom. The first-order chi connectivity index (χ1) is 12.3. The number of rotatable bonds is 6. The van der Waals surface area contributed by atoms with Crippen LogP contribution in [0.15, 0.2) is 94.7 Å². The van der Waals surface area contributed by atoms with Crippen LogP contribution in [-0.2, 0) is 4.79 Å². The van der Waals surface area contributed by atoms with Crippen molar-refractivity contribution in [2.24, 2.45) is 0 Å². The Balaban J connectivity index is 1.79. The molecule has 1 N–H and O–H groups in total. The molecule has 2 nitrogen and oxygen atoms in total.